The molecule has 1 aromatic rings. The molecule has 0 saturated heterocycles. The van der Waals surface area contributed by atoms with Crippen LogP contribution < -0.4 is 5.32 Å². The van der Waals surface area contributed by atoms with E-state index in [1.54, 1.807) is 0 Å². The fourth-order valence-corrected chi connectivity index (χ4v) is 1.72. The summed E-state index contributed by atoms with van der Waals surface area (Å²) in [7, 11) is 0. The molecule has 0 aromatic heterocycles. The molecule has 0 bridgehead atoms. The van der Waals surface area contributed by atoms with E-state index in [0.29, 0.717) is 12.1 Å². The summed E-state index contributed by atoms with van der Waals surface area (Å²) in [6.45, 7) is 2.42. The average molecular weight is 259 g/mol. The van der Waals surface area contributed by atoms with Crippen molar-refractivity contribution in [3.63, 3.8) is 0 Å². The van der Waals surface area contributed by atoms with Gasteiger partial charge in [-0.15, -0.1) is 0 Å². The molecule has 0 amide bonds. The molecule has 0 heterocycles. The quantitative estimate of drug-likeness (QED) is 0.871. The highest BCUT2D eigenvalue weighted by Crippen LogP contribution is 2.35. The van der Waals surface area contributed by atoms with Gasteiger partial charge in [-0.25, -0.2) is 0 Å². The van der Waals surface area contributed by atoms with Gasteiger partial charge in [0.2, 0.25) is 0 Å². The van der Waals surface area contributed by atoms with Crippen molar-refractivity contribution in [1.82, 2.24) is 5.32 Å². The number of benzene rings is 1. The molecule has 0 radical (unpaired) electrons. The summed E-state index contributed by atoms with van der Waals surface area (Å²) in [5, 5.41) is 13.1. The van der Waals surface area contributed by atoms with Crippen LogP contribution in [0.1, 0.15) is 37.0 Å². The van der Waals surface area contributed by atoms with Crippen molar-refractivity contribution in [2.45, 2.75) is 37.6 Å². The Labute approximate surface area is 104 Å². The second-order valence-corrected chi connectivity index (χ2v) is 5.08. The smallest absolute Gasteiger partial charge is 0.387 e. The van der Waals surface area contributed by atoms with E-state index in [0.717, 1.165) is 25.0 Å². The summed E-state index contributed by atoms with van der Waals surface area (Å²) >= 11 is 0. The number of aliphatic hydroxyl groups excluding tert-OH is 1. The summed E-state index contributed by atoms with van der Waals surface area (Å²) in [6.07, 6.45) is -2.95. The third-order valence-electron chi connectivity index (χ3n) is 3.34. The molecule has 2 N–H and O–H groups in total. The molecule has 2 rings (SSSR count). The fraction of sp³-hybridized carbons (Fsp3) is 0.538. The molecule has 1 aliphatic rings. The minimum absolute atomic E-state index is 0.104. The van der Waals surface area contributed by atoms with Crippen LogP contribution in [0.25, 0.3) is 0 Å². The minimum atomic E-state index is -4.33. The average Bonchev–Trinajstić information content (AvgIpc) is 3.04. The van der Waals surface area contributed by atoms with Crippen LogP contribution >= 0.6 is 0 Å². The lowest BCUT2D eigenvalue weighted by atomic mass is 10.1. The minimum Gasteiger partial charge on any atom is -0.387 e. The second kappa shape index (κ2) is 4.55. The van der Waals surface area contributed by atoms with Crippen molar-refractivity contribution in [2.24, 2.45) is 0 Å². The van der Waals surface area contributed by atoms with Crippen LogP contribution in [-0.2, 0) is 6.18 Å². The van der Waals surface area contributed by atoms with Crippen LogP contribution in [0.5, 0.6) is 0 Å². The van der Waals surface area contributed by atoms with Crippen molar-refractivity contribution >= 4 is 0 Å². The first kappa shape index (κ1) is 13.4. The van der Waals surface area contributed by atoms with Gasteiger partial charge in [-0.05, 0) is 37.5 Å². The SMILES string of the molecule is CC1(NCC(O)c2ccc(C(F)(F)F)cc2)CC1. The van der Waals surface area contributed by atoms with Crippen molar-refractivity contribution in [2.75, 3.05) is 6.54 Å². The Bertz CT molecular complexity index is 409. The first-order chi connectivity index (χ1) is 8.30. The number of rotatable bonds is 4. The predicted molar refractivity (Wildman–Crippen MR) is 62.0 cm³/mol. The van der Waals surface area contributed by atoms with Crippen molar-refractivity contribution in [3.8, 4) is 0 Å². The van der Waals surface area contributed by atoms with Gasteiger partial charge < -0.3 is 10.4 Å². The van der Waals surface area contributed by atoms with Crippen LogP contribution in [0.2, 0.25) is 0 Å². The van der Waals surface area contributed by atoms with Gasteiger partial charge in [0, 0.05) is 12.1 Å². The molecular formula is C13H16F3NO. The highest BCUT2D eigenvalue weighted by molar-refractivity contribution is 5.26. The molecule has 0 aliphatic heterocycles. The lowest BCUT2D eigenvalue weighted by molar-refractivity contribution is -0.137. The van der Waals surface area contributed by atoms with Gasteiger partial charge in [0.05, 0.1) is 11.7 Å². The standard InChI is InChI=1S/C13H16F3NO/c1-12(6-7-12)17-8-11(18)9-2-4-10(5-3-9)13(14,15)16/h2-5,11,17-18H,6-8H2,1H3. The lowest BCUT2D eigenvalue weighted by Crippen LogP contribution is -2.31. The van der Waals surface area contributed by atoms with E-state index < -0.39 is 17.8 Å². The summed E-state index contributed by atoms with van der Waals surface area (Å²) in [4.78, 5) is 0. The van der Waals surface area contributed by atoms with Gasteiger partial charge >= 0.3 is 6.18 Å². The summed E-state index contributed by atoms with van der Waals surface area (Å²) in [6, 6.07) is 4.64. The van der Waals surface area contributed by atoms with Crippen LogP contribution in [-0.4, -0.2) is 17.2 Å². The Morgan fingerprint density at radius 3 is 2.28 bits per heavy atom. The first-order valence-corrected chi connectivity index (χ1v) is 5.90. The van der Waals surface area contributed by atoms with E-state index >= 15 is 0 Å². The number of hydrogen-bond donors (Lipinski definition) is 2. The van der Waals surface area contributed by atoms with Gasteiger partial charge in [0.15, 0.2) is 0 Å². The predicted octanol–water partition coefficient (Wildman–Crippen LogP) is 2.88. The summed E-state index contributed by atoms with van der Waals surface area (Å²) in [5.74, 6) is 0. The molecule has 1 fully saturated rings. The molecule has 5 heteroatoms. The maximum absolute atomic E-state index is 12.4. The number of hydrogen-bond acceptors (Lipinski definition) is 2. The Morgan fingerprint density at radius 1 is 1.28 bits per heavy atom. The fourth-order valence-electron chi connectivity index (χ4n) is 1.72. The van der Waals surface area contributed by atoms with Gasteiger partial charge in [-0.2, -0.15) is 13.2 Å². The Balaban J connectivity index is 1.96. The third kappa shape index (κ3) is 3.23. The topological polar surface area (TPSA) is 32.3 Å². The van der Waals surface area contributed by atoms with E-state index in [9.17, 15) is 18.3 Å². The zero-order chi connectivity index (χ0) is 13.4. The Morgan fingerprint density at radius 2 is 1.83 bits per heavy atom. The zero-order valence-electron chi connectivity index (χ0n) is 10.1. The van der Waals surface area contributed by atoms with Gasteiger partial charge in [0.25, 0.3) is 0 Å². The Hall–Kier alpha value is -1.07. The largest absolute Gasteiger partial charge is 0.416 e. The Kier molecular flexibility index (Phi) is 3.38. The monoisotopic (exact) mass is 259 g/mol. The van der Waals surface area contributed by atoms with E-state index in [2.05, 4.69) is 12.2 Å². The molecule has 100 valence electrons. The molecular weight excluding hydrogens is 243 g/mol. The van der Waals surface area contributed by atoms with E-state index in [1.165, 1.54) is 12.1 Å². The van der Waals surface area contributed by atoms with Gasteiger partial charge in [0.1, 0.15) is 0 Å². The number of alkyl halides is 3. The summed E-state index contributed by atoms with van der Waals surface area (Å²) in [5.41, 5.74) is -0.0901. The third-order valence-corrected chi connectivity index (χ3v) is 3.34. The molecule has 1 unspecified atom stereocenters. The number of halogens is 3. The van der Waals surface area contributed by atoms with Crippen LogP contribution in [0.3, 0.4) is 0 Å². The highest BCUT2D eigenvalue weighted by Gasteiger charge is 2.37. The number of β-amino-alcohol motifs (C(OH)–C–C–N with tert-alkyl or cyclic N) is 1. The van der Waals surface area contributed by atoms with E-state index in [4.69, 9.17) is 0 Å². The van der Waals surface area contributed by atoms with Crippen molar-refractivity contribution < 1.29 is 18.3 Å². The molecule has 1 saturated carbocycles. The zero-order valence-corrected chi connectivity index (χ0v) is 10.1. The maximum atomic E-state index is 12.4. The van der Waals surface area contributed by atoms with Gasteiger partial charge in [-0.3, -0.25) is 0 Å². The molecule has 1 aliphatic carbocycles. The second-order valence-electron chi connectivity index (χ2n) is 5.08. The number of aliphatic hydroxyl groups is 1. The maximum Gasteiger partial charge on any atom is 0.416 e. The van der Waals surface area contributed by atoms with Crippen LogP contribution in [0, 0.1) is 0 Å². The van der Waals surface area contributed by atoms with E-state index in [-0.39, 0.29) is 5.54 Å². The first-order valence-electron chi connectivity index (χ1n) is 5.90. The molecule has 2 nitrogen and oxygen atoms in total. The molecule has 18 heavy (non-hydrogen) atoms. The van der Waals surface area contributed by atoms with Crippen LogP contribution in [0.15, 0.2) is 24.3 Å². The molecule has 0 spiro atoms. The van der Waals surface area contributed by atoms with Crippen molar-refractivity contribution in [3.05, 3.63) is 35.4 Å². The number of nitrogens with one attached hydrogen (secondary N) is 1. The lowest BCUT2D eigenvalue weighted by Gasteiger charge is -2.16. The van der Waals surface area contributed by atoms with E-state index in [1.807, 2.05) is 0 Å². The molecule has 1 aromatic carbocycles. The molecule has 1 atom stereocenters. The normalized spacial score (nSPS) is 19.6. The van der Waals surface area contributed by atoms with Crippen molar-refractivity contribution in [1.29, 1.82) is 0 Å². The van der Waals surface area contributed by atoms with Crippen LogP contribution in [0.4, 0.5) is 13.2 Å². The van der Waals surface area contributed by atoms with Gasteiger partial charge in [-0.1, -0.05) is 12.1 Å². The summed E-state index contributed by atoms with van der Waals surface area (Å²) < 4.78 is 37.1. The highest BCUT2D eigenvalue weighted by atomic mass is 19.4.